The Hall–Kier alpha value is -0.300. The second-order valence-electron chi connectivity index (χ2n) is 3.79. The smallest absolute Gasteiger partial charge is 0.0353 e. The first-order valence-electron chi connectivity index (χ1n) is 4.79. The molecule has 0 aliphatic rings. The summed E-state index contributed by atoms with van der Waals surface area (Å²) in [4.78, 5) is 0. The van der Waals surface area contributed by atoms with E-state index in [9.17, 15) is 0 Å². The highest BCUT2D eigenvalue weighted by Crippen LogP contribution is 2.17. The molecule has 0 radical (unpaired) electrons. The zero-order chi connectivity index (χ0) is 8.69. The van der Waals surface area contributed by atoms with Gasteiger partial charge in [-0.25, -0.2) is 0 Å². The largest absolute Gasteiger partial charge is 0.344 e. The molecule has 0 aliphatic heterocycles. The third kappa shape index (κ3) is 7.80. The van der Waals surface area contributed by atoms with Gasteiger partial charge in [0, 0.05) is 0 Å². The SMILES string of the molecule is C=CCCCCC(C)C(C)C.N. The molecule has 0 aliphatic carbocycles. The van der Waals surface area contributed by atoms with Gasteiger partial charge in [-0.05, 0) is 24.7 Å². The van der Waals surface area contributed by atoms with Crippen molar-refractivity contribution in [3.63, 3.8) is 0 Å². The molecule has 0 amide bonds. The molecule has 0 aromatic heterocycles. The standard InChI is InChI=1S/C11H22.H3N/c1-5-6-7-8-9-11(4)10(2)3;/h5,10-11H,1,6-9H2,2-4H3;1H3. The first kappa shape index (κ1) is 14.2. The van der Waals surface area contributed by atoms with Crippen molar-refractivity contribution >= 4 is 0 Å². The van der Waals surface area contributed by atoms with E-state index in [0.717, 1.165) is 11.8 Å². The summed E-state index contributed by atoms with van der Waals surface area (Å²) >= 11 is 0. The molecular formula is C11H25N. The lowest BCUT2D eigenvalue weighted by Gasteiger charge is -2.14. The van der Waals surface area contributed by atoms with Crippen LogP contribution in [-0.4, -0.2) is 0 Å². The van der Waals surface area contributed by atoms with Crippen LogP contribution in [-0.2, 0) is 0 Å². The second-order valence-corrected chi connectivity index (χ2v) is 3.79. The first-order chi connectivity index (χ1) is 5.18. The highest BCUT2D eigenvalue weighted by molar-refractivity contribution is 4.66. The van der Waals surface area contributed by atoms with Gasteiger partial charge >= 0.3 is 0 Å². The van der Waals surface area contributed by atoms with Crippen molar-refractivity contribution in [1.29, 1.82) is 0 Å². The predicted octanol–water partition coefficient (Wildman–Crippen LogP) is 4.19. The van der Waals surface area contributed by atoms with Crippen molar-refractivity contribution in [2.24, 2.45) is 11.8 Å². The van der Waals surface area contributed by atoms with E-state index in [0.29, 0.717) is 0 Å². The Labute approximate surface area is 77.8 Å². The van der Waals surface area contributed by atoms with Crippen LogP contribution in [0.5, 0.6) is 0 Å². The molecule has 1 heteroatoms. The molecular weight excluding hydrogens is 146 g/mol. The Bertz CT molecular complexity index is 97.2. The fraction of sp³-hybridized carbons (Fsp3) is 0.818. The van der Waals surface area contributed by atoms with Crippen molar-refractivity contribution in [3.8, 4) is 0 Å². The molecule has 0 aromatic rings. The van der Waals surface area contributed by atoms with E-state index in [-0.39, 0.29) is 6.15 Å². The Morgan fingerprint density at radius 1 is 1.17 bits per heavy atom. The molecule has 0 saturated heterocycles. The summed E-state index contributed by atoms with van der Waals surface area (Å²) in [5, 5.41) is 0. The molecule has 1 unspecified atom stereocenters. The van der Waals surface area contributed by atoms with Crippen LogP contribution in [0.1, 0.15) is 46.5 Å². The zero-order valence-corrected chi connectivity index (χ0v) is 8.97. The maximum atomic E-state index is 3.71. The van der Waals surface area contributed by atoms with Crippen LogP contribution in [0.2, 0.25) is 0 Å². The van der Waals surface area contributed by atoms with E-state index in [1.54, 1.807) is 0 Å². The van der Waals surface area contributed by atoms with E-state index >= 15 is 0 Å². The van der Waals surface area contributed by atoms with Crippen LogP contribution in [0, 0.1) is 11.8 Å². The highest BCUT2D eigenvalue weighted by Gasteiger charge is 2.05. The van der Waals surface area contributed by atoms with Crippen molar-refractivity contribution < 1.29 is 0 Å². The molecule has 12 heavy (non-hydrogen) atoms. The Balaban J connectivity index is 0. The fourth-order valence-corrected chi connectivity index (χ4v) is 1.09. The second kappa shape index (κ2) is 8.79. The molecule has 0 bridgehead atoms. The topological polar surface area (TPSA) is 35.0 Å². The fourth-order valence-electron chi connectivity index (χ4n) is 1.09. The van der Waals surface area contributed by atoms with E-state index in [1.807, 2.05) is 6.08 Å². The molecule has 0 fully saturated rings. The summed E-state index contributed by atoms with van der Waals surface area (Å²) in [6.07, 6.45) is 7.27. The van der Waals surface area contributed by atoms with Gasteiger partial charge < -0.3 is 6.15 Å². The summed E-state index contributed by atoms with van der Waals surface area (Å²) in [7, 11) is 0. The highest BCUT2D eigenvalue weighted by atomic mass is 14.1. The van der Waals surface area contributed by atoms with Crippen LogP contribution in [0.15, 0.2) is 12.7 Å². The van der Waals surface area contributed by atoms with Gasteiger partial charge in [0.25, 0.3) is 0 Å². The molecule has 0 spiro atoms. The third-order valence-corrected chi connectivity index (χ3v) is 2.46. The predicted molar refractivity (Wildman–Crippen MR) is 57.7 cm³/mol. The van der Waals surface area contributed by atoms with Crippen LogP contribution >= 0.6 is 0 Å². The van der Waals surface area contributed by atoms with Gasteiger partial charge in [-0.15, -0.1) is 6.58 Å². The van der Waals surface area contributed by atoms with Crippen LogP contribution in [0.25, 0.3) is 0 Å². The average molecular weight is 171 g/mol. The van der Waals surface area contributed by atoms with E-state index in [2.05, 4.69) is 27.4 Å². The molecule has 74 valence electrons. The lowest BCUT2D eigenvalue weighted by molar-refractivity contribution is 0.378. The van der Waals surface area contributed by atoms with Crippen molar-refractivity contribution in [1.82, 2.24) is 6.15 Å². The quantitative estimate of drug-likeness (QED) is 0.472. The lowest BCUT2D eigenvalue weighted by atomic mass is 9.92. The summed E-state index contributed by atoms with van der Waals surface area (Å²) in [6.45, 7) is 10.7. The maximum Gasteiger partial charge on any atom is -0.0353 e. The van der Waals surface area contributed by atoms with Crippen molar-refractivity contribution in [2.75, 3.05) is 0 Å². The van der Waals surface area contributed by atoms with E-state index < -0.39 is 0 Å². The average Bonchev–Trinajstić information content (AvgIpc) is 1.97. The molecule has 3 N–H and O–H groups in total. The number of hydrogen-bond acceptors (Lipinski definition) is 1. The van der Waals surface area contributed by atoms with Gasteiger partial charge in [0.2, 0.25) is 0 Å². The van der Waals surface area contributed by atoms with Crippen molar-refractivity contribution in [2.45, 2.75) is 46.5 Å². The minimum atomic E-state index is 0. The van der Waals surface area contributed by atoms with Gasteiger partial charge in [0.1, 0.15) is 0 Å². The van der Waals surface area contributed by atoms with E-state index in [1.165, 1.54) is 25.7 Å². The monoisotopic (exact) mass is 171 g/mol. The molecule has 0 aromatic carbocycles. The number of allylic oxidation sites excluding steroid dienone is 1. The Kier molecular flexibility index (Phi) is 10.4. The Morgan fingerprint density at radius 3 is 2.17 bits per heavy atom. The van der Waals surface area contributed by atoms with Gasteiger partial charge in [0.05, 0.1) is 0 Å². The first-order valence-corrected chi connectivity index (χ1v) is 4.79. The minimum Gasteiger partial charge on any atom is -0.344 e. The van der Waals surface area contributed by atoms with Crippen LogP contribution in [0.4, 0.5) is 0 Å². The van der Waals surface area contributed by atoms with Gasteiger partial charge in [-0.2, -0.15) is 0 Å². The Morgan fingerprint density at radius 2 is 1.75 bits per heavy atom. The summed E-state index contributed by atoms with van der Waals surface area (Å²) < 4.78 is 0. The zero-order valence-electron chi connectivity index (χ0n) is 8.97. The van der Waals surface area contributed by atoms with Crippen LogP contribution < -0.4 is 6.15 Å². The molecule has 0 rings (SSSR count). The number of unbranched alkanes of at least 4 members (excludes halogenated alkanes) is 2. The number of rotatable bonds is 6. The summed E-state index contributed by atoms with van der Waals surface area (Å²) in [5.74, 6) is 1.73. The van der Waals surface area contributed by atoms with Crippen molar-refractivity contribution in [3.05, 3.63) is 12.7 Å². The van der Waals surface area contributed by atoms with Gasteiger partial charge in [0.15, 0.2) is 0 Å². The number of hydrogen-bond donors (Lipinski definition) is 1. The lowest BCUT2D eigenvalue weighted by Crippen LogP contribution is -2.02. The van der Waals surface area contributed by atoms with Crippen LogP contribution in [0.3, 0.4) is 0 Å². The van der Waals surface area contributed by atoms with Gasteiger partial charge in [-0.1, -0.05) is 39.7 Å². The molecule has 1 nitrogen and oxygen atoms in total. The maximum absolute atomic E-state index is 3.71. The molecule has 0 saturated carbocycles. The summed E-state index contributed by atoms with van der Waals surface area (Å²) in [6, 6.07) is 0. The minimum absolute atomic E-state index is 0. The summed E-state index contributed by atoms with van der Waals surface area (Å²) in [5.41, 5.74) is 0. The normalized spacial score (nSPS) is 12.3. The molecule has 1 atom stereocenters. The molecule has 0 heterocycles. The van der Waals surface area contributed by atoms with E-state index in [4.69, 9.17) is 0 Å². The third-order valence-electron chi connectivity index (χ3n) is 2.46. The van der Waals surface area contributed by atoms with Gasteiger partial charge in [-0.3, -0.25) is 0 Å².